The van der Waals surface area contributed by atoms with Crippen LogP contribution >= 0.6 is 11.6 Å². The van der Waals surface area contributed by atoms with Gasteiger partial charge in [0.2, 0.25) is 15.9 Å². The summed E-state index contributed by atoms with van der Waals surface area (Å²) in [7, 11) is -2.57. The number of esters is 1. The summed E-state index contributed by atoms with van der Waals surface area (Å²) >= 11 is 6.08. The van der Waals surface area contributed by atoms with Gasteiger partial charge in [0.25, 0.3) is 0 Å². The number of carbonyl (C=O) groups excluding carboxylic acids is 2. The standard InChI is InChI=1S/C19H21ClN2O6S/c1-4-28-17-8-6-5-7-16(17)22(29(3,25)26)12-18(23)21-15-11-13(19(24)27-2)9-10-14(15)20/h5-11H,4,12H2,1-3H3,(H,21,23). The van der Waals surface area contributed by atoms with Crippen LogP contribution < -0.4 is 14.4 Å². The van der Waals surface area contributed by atoms with Crippen molar-refractivity contribution >= 4 is 44.9 Å². The number of sulfonamides is 1. The van der Waals surface area contributed by atoms with Crippen LogP contribution in [-0.2, 0) is 19.6 Å². The van der Waals surface area contributed by atoms with E-state index >= 15 is 0 Å². The maximum absolute atomic E-state index is 12.6. The number of hydrogen-bond acceptors (Lipinski definition) is 6. The summed E-state index contributed by atoms with van der Waals surface area (Å²) in [5.74, 6) is -0.912. The Kier molecular flexibility index (Phi) is 7.46. The molecule has 1 amide bonds. The van der Waals surface area contributed by atoms with Crippen molar-refractivity contribution < 1.29 is 27.5 Å². The van der Waals surface area contributed by atoms with Crippen LogP contribution in [0.5, 0.6) is 5.75 Å². The molecule has 0 aromatic heterocycles. The van der Waals surface area contributed by atoms with Crippen molar-refractivity contribution in [2.45, 2.75) is 6.92 Å². The molecule has 0 bridgehead atoms. The summed E-state index contributed by atoms with van der Waals surface area (Å²) in [5, 5.41) is 2.71. The molecule has 0 saturated heterocycles. The molecule has 0 aliphatic carbocycles. The van der Waals surface area contributed by atoms with Crippen molar-refractivity contribution in [1.82, 2.24) is 0 Å². The summed E-state index contributed by atoms with van der Waals surface area (Å²) < 4.78 is 35.7. The molecule has 0 fully saturated rings. The number of nitrogens with one attached hydrogen (secondary N) is 1. The highest BCUT2D eigenvalue weighted by Gasteiger charge is 2.24. The minimum absolute atomic E-state index is 0.158. The van der Waals surface area contributed by atoms with E-state index in [1.807, 2.05) is 0 Å². The Morgan fingerprint density at radius 1 is 1.17 bits per heavy atom. The molecule has 0 spiro atoms. The molecule has 0 radical (unpaired) electrons. The fourth-order valence-electron chi connectivity index (χ4n) is 2.51. The average molecular weight is 441 g/mol. The van der Waals surface area contributed by atoms with Gasteiger partial charge in [0.1, 0.15) is 12.3 Å². The molecule has 0 aliphatic rings. The molecule has 0 atom stereocenters. The number of halogens is 1. The van der Waals surface area contributed by atoms with Gasteiger partial charge < -0.3 is 14.8 Å². The lowest BCUT2D eigenvalue weighted by molar-refractivity contribution is -0.114. The lowest BCUT2D eigenvalue weighted by Crippen LogP contribution is -2.37. The summed E-state index contributed by atoms with van der Waals surface area (Å²) in [6.45, 7) is 1.59. The molecule has 0 saturated carbocycles. The second-order valence-electron chi connectivity index (χ2n) is 5.90. The van der Waals surface area contributed by atoms with Crippen molar-refractivity contribution in [3.8, 4) is 5.75 Å². The maximum Gasteiger partial charge on any atom is 0.337 e. The Hall–Kier alpha value is -2.78. The molecule has 156 valence electrons. The van der Waals surface area contributed by atoms with Gasteiger partial charge in [0.15, 0.2) is 0 Å². The summed E-state index contributed by atoms with van der Waals surface area (Å²) in [5.41, 5.74) is 0.585. The van der Waals surface area contributed by atoms with Gasteiger partial charge in [-0.15, -0.1) is 0 Å². The smallest absolute Gasteiger partial charge is 0.337 e. The molecule has 0 aliphatic heterocycles. The number of carbonyl (C=O) groups is 2. The Morgan fingerprint density at radius 3 is 2.48 bits per heavy atom. The molecule has 2 aromatic carbocycles. The number of anilines is 2. The van der Waals surface area contributed by atoms with Crippen LogP contribution in [0.1, 0.15) is 17.3 Å². The van der Waals surface area contributed by atoms with Gasteiger partial charge >= 0.3 is 5.97 Å². The van der Waals surface area contributed by atoms with Crippen LogP contribution in [0, 0.1) is 0 Å². The highest BCUT2D eigenvalue weighted by atomic mass is 35.5. The maximum atomic E-state index is 12.6. The third-order valence-electron chi connectivity index (χ3n) is 3.78. The van der Waals surface area contributed by atoms with Gasteiger partial charge in [-0.2, -0.15) is 0 Å². The highest BCUT2D eigenvalue weighted by Crippen LogP contribution is 2.30. The van der Waals surface area contributed by atoms with Gasteiger partial charge in [0.05, 0.1) is 41.9 Å². The number of amides is 1. The number of ether oxygens (including phenoxy) is 2. The van der Waals surface area contributed by atoms with E-state index in [1.54, 1.807) is 31.2 Å². The second kappa shape index (κ2) is 9.62. The first-order valence-corrected chi connectivity index (χ1v) is 10.8. The Balaban J connectivity index is 2.30. The summed E-state index contributed by atoms with van der Waals surface area (Å²) in [4.78, 5) is 24.3. The second-order valence-corrected chi connectivity index (χ2v) is 8.22. The number of hydrogen-bond donors (Lipinski definition) is 1. The Bertz CT molecular complexity index is 1010. The Morgan fingerprint density at radius 2 is 1.86 bits per heavy atom. The number of rotatable bonds is 8. The highest BCUT2D eigenvalue weighted by molar-refractivity contribution is 7.92. The van der Waals surface area contributed by atoms with Crippen LogP contribution in [-0.4, -0.2) is 46.8 Å². The molecule has 10 heteroatoms. The van der Waals surface area contributed by atoms with E-state index in [1.165, 1.54) is 25.3 Å². The van der Waals surface area contributed by atoms with Crippen LogP contribution in [0.3, 0.4) is 0 Å². The van der Waals surface area contributed by atoms with E-state index in [-0.39, 0.29) is 22.0 Å². The van der Waals surface area contributed by atoms with Crippen molar-refractivity contribution in [3.05, 3.63) is 53.1 Å². The van der Waals surface area contributed by atoms with Crippen molar-refractivity contribution in [2.75, 3.05) is 36.1 Å². The van der Waals surface area contributed by atoms with Gasteiger partial charge in [-0.25, -0.2) is 13.2 Å². The number of methoxy groups -OCH3 is 1. The molecule has 2 aromatic rings. The zero-order chi connectivity index (χ0) is 21.6. The van der Waals surface area contributed by atoms with Crippen LogP contribution in [0.15, 0.2) is 42.5 Å². The lowest BCUT2D eigenvalue weighted by atomic mass is 10.2. The molecule has 0 unspecified atom stereocenters. The normalized spacial score (nSPS) is 10.9. The quantitative estimate of drug-likeness (QED) is 0.633. The van der Waals surface area contributed by atoms with E-state index in [0.717, 1.165) is 10.6 Å². The molecule has 8 nitrogen and oxygen atoms in total. The molecule has 0 heterocycles. The topological polar surface area (TPSA) is 102 Å². The molecular weight excluding hydrogens is 420 g/mol. The van der Waals surface area contributed by atoms with E-state index in [4.69, 9.17) is 16.3 Å². The minimum atomic E-state index is -3.80. The average Bonchev–Trinajstić information content (AvgIpc) is 2.67. The third-order valence-corrected chi connectivity index (χ3v) is 5.24. The zero-order valence-electron chi connectivity index (χ0n) is 16.1. The van der Waals surface area contributed by atoms with Gasteiger partial charge in [-0.1, -0.05) is 23.7 Å². The molecule has 2 rings (SSSR count). The largest absolute Gasteiger partial charge is 0.492 e. The number of nitrogens with zero attached hydrogens (tertiary/aromatic N) is 1. The zero-order valence-corrected chi connectivity index (χ0v) is 17.7. The van der Waals surface area contributed by atoms with Crippen LogP contribution in [0.4, 0.5) is 11.4 Å². The molecular formula is C19H21ClN2O6S. The predicted molar refractivity (Wildman–Crippen MR) is 111 cm³/mol. The molecule has 29 heavy (non-hydrogen) atoms. The summed E-state index contributed by atoms with van der Waals surface area (Å²) in [6, 6.07) is 10.7. The number of para-hydroxylation sites is 2. The fraction of sp³-hybridized carbons (Fsp3) is 0.263. The lowest BCUT2D eigenvalue weighted by Gasteiger charge is -2.24. The predicted octanol–water partition coefficient (Wildman–Crippen LogP) is 2.93. The molecule has 1 N–H and O–H groups in total. The fourth-order valence-corrected chi connectivity index (χ4v) is 3.53. The van der Waals surface area contributed by atoms with Gasteiger partial charge in [0, 0.05) is 0 Å². The van der Waals surface area contributed by atoms with E-state index in [9.17, 15) is 18.0 Å². The summed E-state index contributed by atoms with van der Waals surface area (Å²) in [6.07, 6.45) is 0.994. The first kappa shape index (κ1) is 22.5. The van der Waals surface area contributed by atoms with E-state index in [2.05, 4.69) is 10.1 Å². The van der Waals surface area contributed by atoms with Crippen molar-refractivity contribution in [1.29, 1.82) is 0 Å². The van der Waals surface area contributed by atoms with E-state index < -0.39 is 28.4 Å². The minimum Gasteiger partial charge on any atom is -0.492 e. The van der Waals surface area contributed by atoms with E-state index in [0.29, 0.717) is 12.4 Å². The van der Waals surface area contributed by atoms with Crippen molar-refractivity contribution in [3.63, 3.8) is 0 Å². The monoisotopic (exact) mass is 440 g/mol. The first-order valence-electron chi connectivity index (χ1n) is 8.54. The van der Waals surface area contributed by atoms with Crippen LogP contribution in [0.2, 0.25) is 5.02 Å². The Labute approximate surface area is 174 Å². The van der Waals surface area contributed by atoms with Crippen LogP contribution in [0.25, 0.3) is 0 Å². The van der Waals surface area contributed by atoms with Crippen molar-refractivity contribution in [2.24, 2.45) is 0 Å². The number of benzene rings is 2. The van der Waals surface area contributed by atoms with Gasteiger partial charge in [-0.05, 0) is 37.3 Å². The SMILES string of the molecule is CCOc1ccccc1N(CC(=O)Nc1cc(C(=O)OC)ccc1Cl)S(C)(=O)=O. The third kappa shape index (κ3) is 5.85. The first-order chi connectivity index (χ1) is 13.7. The van der Waals surface area contributed by atoms with Gasteiger partial charge in [-0.3, -0.25) is 9.10 Å².